The first-order valence-electron chi connectivity index (χ1n) is 14.4. The van der Waals surface area contributed by atoms with Crippen LogP contribution in [-0.4, -0.2) is 77.8 Å². The Labute approximate surface area is 260 Å². The van der Waals surface area contributed by atoms with Gasteiger partial charge < -0.3 is 25.0 Å². The minimum Gasteiger partial charge on any atom is -0.444 e. The Morgan fingerprint density at radius 2 is 1.80 bits per heavy atom. The molecule has 0 saturated carbocycles. The summed E-state index contributed by atoms with van der Waals surface area (Å²) in [4.78, 5) is 46.7. The van der Waals surface area contributed by atoms with Crippen molar-refractivity contribution < 1.29 is 28.2 Å². The molecule has 1 aromatic carbocycles. The summed E-state index contributed by atoms with van der Waals surface area (Å²) in [5, 5.41) is 11.7. The lowest BCUT2D eigenvalue weighted by Crippen LogP contribution is -2.40. The van der Waals surface area contributed by atoms with Gasteiger partial charge >= 0.3 is 12.1 Å². The van der Waals surface area contributed by atoms with Crippen LogP contribution in [-0.2, 0) is 16.0 Å². The summed E-state index contributed by atoms with van der Waals surface area (Å²) in [5.74, 6) is -0.788. The largest absolute Gasteiger partial charge is 0.444 e. The Bertz CT molecular complexity index is 1440. The van der Waals surface area contributed by atoms with Crippen LogP contribution in [0.25, 0.3) is 0 Å². The number of halogens is 1. The van der Waals surface area contributed by atoms with Crippen LogP contribution in [0.15, 0.2) is 47.3 Å². The highest BCUT2D eigenvalue weighted by Gasteiger charge is 2.20. The molecule has 0 radical (unpaired) electrons. The van der Waals surface area contributed by atoms with E-state index in [1.165, 1.54) is 23.5 Å². The van der Waals surface area contributed by atoms with Crippen LogP contribution in [0, 0.1) is 12.7 Å². The molecule has 1 aliphatic heterocycles. The van der Waals surface area contributed by atoms with Crippen LogP contribution in [0.3, 0.4) is 0 Å². The van der Waals surface area contributed by atoms with E-state index in [0.29, 0.717) is 42.4 Å². The van der Waals surface area contributed by atoms with Gasteiger partial charge in [0.05, 0.1) is 24.6 Å². The third-order valence-corrected chi connectivity index (χ3v) is 7.42. The summed E-state index contributed by atoms with van der Waals surface area (Å²) in [7, 11) is 0. The minimum atomic E-state index is -0.659. The average molecular weight is 627 g/mol. The van der Waals surface area contributed by atoms with Crippen molar-refractivity contribution in [3.63, 3.8) is 0 Å². The number of aryl methyl sites for hydroxylation is 1. The van der Waals surface area contributed by atoms with E-state index in [2.05, 4.69) is 25.8 Å². The van der Waals surface area contributed by atoms with Crippen molar-refractivity contribution in [2.24, 2.45) is 0 Å². The number of aromatic nitrogens is 1. The van der Waals surface area contributed by atoms with Gasteiger partial charge in [0.15, 0.2) is 0 Å². The molecular formula is C31H39FN6O5S. The van der Waals surface area contributed by atoms with Gasteiger partial charge in [-0.2, -0.15) is 0 Å². The van der Waals surface area contributed by atoms with Gasteiger partial charge in [0.2, 0.25) is 0 Å². The van der Waals surface area contributed by atoms with Gasteiger partial charge in [0, 0.05) is 55.4 Å². The highest BCUT2D eigenvalue weighted by molar-refractivity contribution is 7.09. The molecule has 4 rings (SSSR count). The van der Waals surface area contributed by atoms with Crippen molar-refractivity contribution in [3.05, 3.63) is 69.9 Å². The molecule has 3 N–H and O–H groups in total. The van der Waals surface area contributed by atoms with Crippen molar-refractivity contribution in [1.82, 2.24) is 14.8 Å². The summed E-state index contributed by atoms with van der Waals surface area (Å²) in [6.07, 6.45) is 1.69. The number of hydrogen-bond acceptors (Lipinski definition) is 8. The zero-order chi connectivity index (χ0) is 31.7. The Balaban J connectivity index is 1.39. The van der Waals surface area contributed by atoms with E-state index in [4.69, 9.17) is 9.47 Å². The predicted molar refractivity (Wildman–Crippen MR) is 169 cm³/mol. The number of ether oxygens (including phenoxy) is 2. The van der Waals surface area contributed by atoms with E-state index in [1.807, 2.05) is 0 Å². The molecule has 1 saturated heterocycles. The maximum absolute atomic E-state index is 13.8. The second-order valence-corrected chi connectivity index (χ2v) is 12.2. The number of amides is 4. The van der Waals surface area contributed by atoms with Gasteiger partial charge in [-0.15, -0.1) is 11.3 Å². The average Bonchev–Trinajstić information content (AvgIpc) is 3.40. The van der Waals surface area contributed by atoms with Crippen molar-refractivity contribution in [3.8, 4) is 0 Å². The third kappa shape index (κ3) is 10.00. The summed E-state index contributed by atoms with van der Waals surface area (Å²) >= 11 is 1.32. The molecule has 13 heteroatoms. The van der Waals surface area contributed by atoms with E-state index >= 15 is 0 Å². The van der Waals surface area contributed by atoms with Crippen LogP contribution in [0.5, 0.6) is 0 Å². The molecule has 0 spiro atoms. The zero-order valence-electron chi connectivity index (χ0n) is 25.4. The number of rotatable bonds is 10. The zero-order valence-corrected chi connectivity index (χ0v) is 26.3. The lowest BCUT2D eigenvalue weighted by molar-refractivity contribution is 0.0365. The normalized spacial score (nSPS) is 13.7. The fourth-order valence-corrected chi connectivity index (χ4v) is 5.16. The first-order chi connectivity index (χ1) is 21.0. The van der Waals surface area contributed by atoms with Gasteiger partial charge in [0.25, 0.3) is 5.91 Å². The second-order valence-electron chi connectivity index (χ2n) is 11.5. The number of anilines is 3. The molecule has 2 aromatic heterocycles. The number of carbonyl (C=O) groups excluding carboxylic acids is 3. The molecule has 236 valence electrons. The molecule has 3 heterocycles. The standard InChI is InChI=1S/C31H39FN6O5S/c1-21-16-23(7-8-24(21)32)34-29(40)38(11-5-10-37-12-14-42-15-13-37)18-22-6-9-25(33-17-22)28(39)35-26-19-44-20-27(26)36-30(41)43-31(2,3)4/h6-9,16-17,19-20H,5,10-15,18H2,1-4H3,(H,34,40)(H,35,39)(H,36,41). The van der Waals surface area contributed by atoms with Crippen molar-refractivity contribution in [2.45, 2.75) is 46.3 Å². The highest BCUT2D eigenvalue weighted by Crippen LogP contribution is 2.27. The summed E-state index contributed by atoms with van der Waals surface area (Å²) < 4.78 is 24.5. The summed E-state index contributed by atoms with van der Waals surface area (Å²) in [6.45, 7) is 11.6. The number of hydrogen-bond donors (Lipinski definition) is 3. The van der Waals surface area contributed by atoms with E-state index in [-0.39, 0.29) is 24.1 Å². The van der Waals surface area contributed by atoms with Crippen molar-refractivity contribution in [2.75, 3.05) is 55.3 Å². The topological polar surface area (TPSA) is 125 Å². The van der Waals surface area contributed by atoms with Crippen molar-refractivity contribution in [1.29, 1.82) is 0 Å². The first kappa shape index (κ1) is 32.8. The molecule has 0 aliphatic carbocycles. The van der Waals surface area contributed by atoms with Gasteiger partial charge in [-0.3, -0.25) is 20.0 Å². The highest BCUT2D eigenvalue weighted by atomic mass is 32.1. The number of carbonyl (C=O) groups is 3. The maximum Gasteiger partial charge on any atom is 0.412 e. The number of nitrogens with one attached hydrogen (secondary N) is 3. The number of thiophene rings is 1. The van der Waals surface area contributed by atoms with Crippen LogP contribution >= 0.6 is 11.3 Å². The number of morpholine rings is 1. The van der Waals surface area contributed by atoms with Crippen LogP contribution in [0.1, 0.15) is 48.8 Å². The number of urea groups is 1. The summed E-state index contributed by atoms with van der Waals surface area (Å²) in [6, 6.07) is 7.47. The molecule has 0 unspecified atom stereocenters. The second kappa shape index (κ2) is 15.1. The molecule has 1 aliphatic rings. The van der Waals surface area contributed by atoms with Crippen LogP contribution in [0.2, 0.25) is 0 Å². The Morgan fingerprint density at radius 1 is 1.07 bits per heavy atom. The van der Waals surface area contributed by atoms with Gasteiger partial charge in [-0.05, 0) is 69.5 Å². The fourth-order valence-electron chi connectivity index (χ4n) is 4.45. The lowest BCUT2D eigenvalue weighted by Gasteiger charge is -2.28. The molecule has 3 aromatic rings. The lowest BCUT2D eigenvalue weighted by atomic mass is 10.2. The Kier molecular flexibility index (Phi) is 11.3. The van der Waals surface area contributed by atoms with Gasteiger partial charge in [0.1, 0.15) is 17.1 Å². The summed E-state index contributed by atoms with van der Waals surface area (Å²) in [5.41, 5.74) is 2.05. The van der Waals surface area contributed by atoms with E-state index in [0.717, 1.165) is 31.6 Å². The van der Waals surface area contributed by atoms with Crippen LogP contribution in [0.4, 0.5) is 31.0 Å². The van der Waals surface area contributed by atoms with Crippen molar-refractivity contribution >= 4 is 46.4 Å². The monoisotopic (exact) mass is 626 g/mol. The van der Waals surface area contributed by atoms with E-state index in [1.54, 1.807) is 67.8 Å². The molecular weight excluding hydrogens is 587 g/mol. The predicted octanol–water partition coefficient (Wildman–Crippen LogP) is 5.95. The molecule has 4 amide bonds. The number of nitrogens with zero attached hydrogens (tertiary/aromatic N) is 3. The molecule has 1 fully saturated rings. The Hall–Kier alpha value is -4.07. The van der Waals surface area contributed by atoms with Crippen LogP contribution < -0.4 is 16.0 Å². The SMILES string of the molecule is Cc1cc(NC(=O)N(CCCN2CCOCC2)Cc2ccc(C(=O)Nc3cscc3NC(=O)OC(C)(C)C)nc2)ccc1F. The van der Waals surface area contributed by atoms with Gasteiger partial charge in [-0.25, -0.2) is 14.0 Å². The Morgan fingerprint density at radius 3 is 2.45 bits per heavy atom. The van der Waals surface area contributed by atoms with E-state index in [9.17, 15) is 18.8 Å². The fraction of sp³-hybridized carbons (Fsp3) is 0.419. The quantitative estimate of drug-likeness (QED) is 0.254. The molecule has 11 nitrogen and oxygen atoms in total. The molecule has 0 atom stereocenters. The first-order valence-corrected chi connectivity index (χ1v) is 15.4. The minimum absolute atomic E-state index is 0.174. The number of benzene rings is 1. The molecule has 0 bridgehead atoms. The number of pyridine rings is 1. The van der Waals surface area contributed by atoms with E-state index < -0.39 is 17.6 Å². The maximum atomic E-state index is 13.8. The van der Waals surface area contributed by atoms with Gasteiger partial charge in [-0.1, -0.05) is 6.07 Å². The molecule has 44 heavy (non-hydrogen) atoms. The smallest absolute Gasteiger partial charge is 0.412 e. The third-order valence-electron chi connectivity index (χ3n) is 6.68.